The zero-order valence-electron chi connectivity index (χ0n) is 14.9. The summed E-state index contributed by atoms with van der Waals surface area (Å²) in [4.78, 5) is 11.9. The van der Waals surface area contributed by atoms with Crippen LogP contribution in [0.4, 0.5) is 4.39 Å². The van der Waals surface area contributed by atoms with Crippen molar-refractivity contribution in [1.82, 2.24) is 20.1 Å². The number of nitrogens with one attached hydrogen (secondary N) is 1. The van der Waals surface area contributed by atoms with Gasteiger partial charge in [0, 0.05) is 12.7 Å². The lowest BCUT2D eigenvalue weighted by Crippen LogP contribution is -2.27. The molecule has 140 valence electrons. The summed E-state index contributed by atoms with van der Waals surface area (Å²) in [6.07, 6.45) is 0. The van der Waals surface area contributed by atoms with E-state index in [1.807, 2.05) is 34.9 Å². The van der Waals surface area contributed by atoms with Crippen LogP contribution in [-0.4, -0.2) is 33.0 Å². The second-order valence-corrected chi connectivity index (χ2v) is 6.97. The fourth-order valence-electron chi connectivity index (χ4n) is 2.43. The van der Waals surface area contributed by atoms with E-state index in [1.54, 1.807) is 32.2 Å². The number of halogens is 1. The molecule has 0 saturated carbocycles. The number of carbonyl (C=O) groups excluding carboxylic acids is 1. The first-order chi connectivity index (χ1) is 13.1. The highest BCUT2D eigenvalue weighted by molar-refractivity contribution is 8.00. The van der Waals surface area contributed by atoms with Gasteiger partial charge in [-0.15, -0.1) is 10.2 Å². The Labute approximate surface area is 160 Å². The highest BCUT2D eigenvalue weighted by Crippen LogP contribution is 2.26. The first-order valence-corrected chi connectivity index (χ1v) is 9.23. The third kappa shape index (κ3) is 4.46. The third-order valence-corrected chi connectivity index (χ3v) is 4.85. The Balaban J connectivity index is 1.89. The molecule has 0 aliphatic rings. The molecule has 0 aliphatic carbocycles. The number of rotatable bonds is 7. The Bertz CT molecular complexity index is 917. The lowest BCUT2D eigenvalue weighted by molar-refractivity contribution is -0.119. The van der Waals surface area contributed by atoms with Crippen LogP contribution < -0.4 is 10.1 Å². The predicted octanol–water partition coefficient (Wildman–Crippen LogP) is 3.21. The molecule has 0 radical (unpaired) electrons. The minimum Gasteiger partial charge on any atom is -0.483 e. The predicted molar refractivity (Wildman–Crippen MR) is 101 cm³/mol. The molecule has 2 aromatic carbocycles. The first-order valence-electron chi connectivity index (χ1n) is 8.35. The summed E-state index contributed by atoms with van der Waals surface area (Å²) in [6.45, 7) is 1.83. The smallest absolute Gasteiger partial charge is 0.233 e. The van der Waals surface area contributed by atoms with Crippen molar-refractivity contribution >= 4 is 17.7 Å². The van der Waals surface area contributed by atoms with Crippen LogP contribution in [0.15, 0.2) is 59.8 Å². The number of ether oxygens (including phenoxy) is 1. The van der Waals surface area contributed by atoms with Crippen molar-refractivity contribution in [3.8, 4) is 11.4 Å². The van der Waals surface area contributed by atoms with E-state index in [4.69, 9.17) is 4.74 Å². The van der Waals surface area contributed by atoms with E-state index in [0.717, 1.165) is 5.69 Å². The number of aromatic nitrogens is 3. The Hall–Kier alpha value is -2.87. The topological polar surface area (TPSA) is 69.0 Å². The van der Waals surface area contributed by atoms with Crippen molar-refractivity contribution in [2.45, 2.75) is 23.9 Å². The van der Waals surface area contributed by atoms with E-state index in [2.05, 4.69) is 15.5 Å². The molecule has 0 aliphatic heterocycles. The monoisotopic (exact) mass is 386 g/mol. The molecule has 0 bridgehead atoms. The summed E-state index contributed by atoms with van der Waals surface area (Å²) >= 11 is 1.29. The Morgan fingerprint density at radius 1 is 1.19 bits per heavy atom. The molecule has 3 rings (SSSR count). The van der Waals surface area contributed by atoms with Crippen LogP contribution >= 0.6 is 11.8 Å². The van der Waals surface area contributed by atoms with Crippen molar-refractivity contribution in [2.75, 3.05) is 7.05 Å². The molecule has 27 heavy (non-hydrogen) atoms. The number of hydrogen-bond donors (Lipinski definition) is 1. The maximum atomic E-state index is 13.8. The van der Waals surface area contributed by atoms with Gasteiger partial charge in [0.25, 0.3) is 0 Å². The number of benzene rings is 2. The van der Waals surface area contributed by atoms with Crippen molar-refractivity contribution < 1.29 is 13.9 Å². The van der Waals surface area contributed by atoms with E-state index in [1.165, 1.54) is 17.8 Å². The van der Waals surface area contributed by atoms with Crippen molar-refractivity contribution in [3.63, 3.8) is 0 Å². The second-order valence-electron chi connectivity index (χ2n) is 5.66. The molecule has 3 aromatic rings. The molecule has 0 spiro atoms. The molecule has 0 fully saturated rings. The maximum Gasteiger partial charge on any atom is 0.233 e. The summed E-state index contributed by atoms with van der Waals surface area (Å²) in [6, 6.07) is 15.7. The molecule has 6 nitrogen and oxygen atoms in total. The van der Waals surface area contributed by atoms with Gasteiger partial charge >= 0.3 is 0 Å². The van der Waals surface area contributed by atoms with Crippen LogP contribution in [0.1, 0.15) is 12.7 Å². The van der Waals surface area contributed by atoms with Gasteiger partial charge in [-0.1, -0.05) is 42.1 Å². The average molecular weight is 386 g/mol. The SMILES string of the molecule is CNC(=O)C(C)Sc1nnc(COc2ccccc2F)n1-c1ccccc1. The summed E-state index contributed by atoms with van der Waals surface area (Å²) in [7, 11) is 1.59. The summed E-state index contributed by atoms with van der Waals surface area (Å²) in [5, 5.41) is 11.2. The fourth-order valence-corrected chi connectivity index (χ4v) is 3.37. The maximum absolute atomic E-state index is 13.8. The van der Waals surface area contributed by atoms with Crippen molar-refractivity contribution in [2.24, 2.45) is 0 Å². The van der Waals surface area contributed by atoms with E-state index < -0.39 is 5.82 Å². The van der Waals surface area contributed by atoms with Crippen LogP contribution in [0.2, 0.25) is 0 Å². The average Bonchev–Trinajstić information content (AvgIpc) is 3.09. The lowest BCUT2D eigenvalue weighted by Gasteiger charge is -2.13. The molecule has 1 unspecified atom stereocenters. The zero-order chi connectivity index (χ0) is 19.2. The normalized spacial score (nSPS) is 11.8. The number of carbonyl (C=O) groups is 1. The first kappa shape index (κ1) is 18.9. The molecule has 1 N–H and O–H groups in total. The van der Waals surface area contributed by atoms with Crippen molar-refractivity contribution in [1.29, 1.82) is 0 Å². The van der Waals surface area contributed by atoms with Gasteiger partial charge in [-0.25, -0.2) is 4.39 Å². The van der Waals surface area contributed by atoms with Crippen LogP contribution in [0, 0.1) is 5.82 Å². The van der Waals surface area contributed by atoms with E-state index >= 15 is 0 Å². The number of thioether (sulfide) groups is 1. The summed E-state index contributed by atoms with van der Waals surface area (Å²) in [5.74, 6) is 0.113. The molecule has 8 heteroatoms. The molecule has 1 heterocycles. The van der Waals surface area contributed by atoms with E-state index in [9.17, 15) is 9.18 Å². The number of nitrogens with zero attached hydrogens (tertiary/aromatic N) is 3. The van der Waals surface area contributed by atoms with Gasteiger partial charge in [0.15, 0.2) is 22.5 Å². The molecular formula is C19H19FN4O2S. The molecule has 0 saturated heterocycles. The minimum absolute atomic E-state index is 0.0394. The lowest BCUT2D eigenvalue weighted by atomic mass is 10.3. The van der Waals surface area contributed by atoms with Gasteiger partial charge in [-0.05, 0) is 31.2 Å². The largest absolute Gasteiger partial charge is 0.483 e. The second kappa shape index (κ2) is 8.68. The number of amides is 1. The molecule has 1 atom stereocenters. The Kier molecular flexibility index (Phi) is 6.08. The van der Waals surface area contributed by atoms with Gasteiger partial charge in [0.1, 0.15) is 6.61 Å². The standard InChI is InChI=1S/C19H19FN4O2S/c1-13(18(25)21-2)27-19-23-22-17(24(19)14-8-4-3-5-9-14)12-26-16-11-7-6-10-15(16)20/h3-11,13H,12H2,1-2H3,(H,21,25). The third-order valence-electron chi connectivity index (χ3n) is 3.81. The highest BCUT2D eigenvalue weighted by atomic mass is 32.2. The number of para-hydroxylation sites is 2. The Morgan fingerprint density at radius 2 is 1.89 bits per heavy atom. The Morgan fingerprint density at radius 3 is 2.59 bits per heavy atom. The highest BCUT2D eigenvalue weighted by Gasteiger charge is 2.20. The number of hydrogen-bond acceptors (Lipinski definition) is 5. The molecule has 1 amide bonds. The van der Waals surface area contributed by atoms with Crippen molar-refractivity contribution in [3.05, 3.63) is 66.2 Å². The van der Waals surface area contributed by atoms with Crippen LogP contribution in [0.5, 0.6) is 5.75 Å². The zero-order valence-corrected chi connectivity index (χ0v) is 15.7. The molecular weight excluding hydrogens is 367 g/mol. The van der Waals surface area contributed by atoms with Crippen LogP contribution in [-0.2, 0) is 11.4 Å². The molecule has 1 aromatic heterocycles. The van der Waals surface area contributed by atoms with Crippen LogP contribution in [0.3, 0.4) is 0 Å². The van der Waals surface area contributed by atoms with Gasteiger partial charge < -0.3 is 10.1 Å². The van der Waals surface area contributed by atoms with E-state index in [-0.39, 0.29) is 23.5 Å². The van der Waals surface area contributed by atoms with Crippen LogP contribution in [0.25, 0.3) is 5.69 Å². The van der Waals surface area contributed by atoms with Gasteiger partial charge in [-0.3, -0.25) is 9.36 Å². The summed E-state index contributed by atoms with van der Waals surface area (Å²) < 4.78 is 21.2. The minimum atomic E-state index is -0.439. The van der Waals surface area contributed by atoms with Gasteiger partial charge in [0.05, 0.1) is 5.25 Å². The van der Waals surface area contributed by atoms with Gasteiger partial charge in [0.2, 0.25) is 5.91 Å². The fraction of sp³-hybridized carbons (Fsp3) is 0.211. The van der Waals surface area contributed by atoms with Gasteiger partial charge in [-0.2, -0.15) is 0 Å². The quantitative estimate of drug-likeness (QED) is 0.632. The van der Waals surface area contributed by atoms with E-state index in [0.29, 0.717) is 11.0 Å². The summed E-state index contributed by atoms with van der Waals surface area (Å²) in [5.41, 5.74) is 0.834.